The summed E-state index contributed by atoms with van der Waals surface area (Å²) in [6, 6.07) is 15.5. The summed E-state index contributed by atoms with van der Waals surface area (Å²) in [7, 11) is -10.4. The molecule has 0 saturated carbocycles. The van der Waals surface area contributed by atoms with E-state index in [1.165, 1.54) is 16.9 Å². The van der Waals surface area contributed by atoms with E-state index in [0.29, 0.717) is 53.2 Å². The van der Waals surface area contributed by atoms with Crippen molar-refractivity contribution in [3.8, 4) is 17.5 Å². The fourth-order valence-corrected chi connectivity index (χ4v) is 6.49. The molecular formula is C35H34N8Na2O9S2. The fourth-order valence-electron chi connectivity index (χ4n) is 5.33. The minimum Gasteiger partial charge on any atom is -0.744 e. The summed E-state index contributed by atoms with van der Waals surface area (Å²) in [6.07, 6.45) is 0.216. The van der Waals surface area contributed by atoms with Crippen LogP contribution in [0.5, 0.6) is 0 Å². The molecule has 0 radical (unpaired) electrons. The second kappa shape index (κ2) is 18.6. The standard InChI is InChI=1S/C35H36N8O9S2.2Na/c1-6-52-29(44)20-42(15-7-14-36)25-12-13-28(21(2)16-25)38-30-31(35(3,4)5)40-43-33(30)39-32(41-43)22-8-10-24(11-9-22)37-34(45)23-17-26(53(46,47)48)19-27(18-23)54(49,50)51;;/h8-13,16-19H,6-7,15,20H2,1-5H3,(H,37,45)(H,46,47,48)(H,49,50,51);;/q;2*+1/p-2. The number of rotatable bonds is 12. The Hall–Kier alpha value is -3.81. The number of anilines is 2. The maximum absolute atomic E-state index is 12.9. The number of fused-ring (bicyclic) bond motifs is 1. The molecule has 0 spiro atoms. The first-order valence-electron chi connectivity index (χ1n) is 16.3. The van der Waals surface area contributed by atoms with Crippen LogP contribution in [-0.2, 0) is 29.8 Å². The van der Waals surface area contributed by atoms with Gasteiger partial charge in [0.05, 0.1) is 40.3 Å². The Morgan fingerprint density at radius 1 is 0.982 bits per heavy atom. The van der Waals surface area contributed by atoms with E-state index in [2.05, 4.69) is 16.5 Å². The molecule has 0 atom stereocenters. The molecule has 0 unspecified atom stereocenters. The van der Waals surface area contributed by atoms with Crippen molar-refractivity contribution < 1.29 is 99.4 Å². The second-order valence-electron chi connectivity index (χ2n) is 13.0. The van der Waals surface area contributed by atoms with E-state index in [9.17, 15) is 35.5 Å². The van der Waals surface area contributed by atoms with Crippen molar-refractivity contribution in [1.82, 2.24) is 14.9 Å². The topological polar surface area (TPSA) is 252 Å². The number of esters is 1. The van der Waals surface area contributed by atoms with Crippen molar-refractivity contribution in [2.75, 3.05) is 29.9 Å². The Labute approximate surface area is 368 Å². The van der Waals surface area contributed by atoms with Crippen LogP contribution < -0.4 is 69.3 Å². The number of ether oxygens (including phenoxy) is 1. The van der Waals surface area contributed by atoms with Gasteiger partial charge < -0.3 is 24.1 Å². The normalized spacial score (nSPS) is 13.1. The largest absolute Gasteiger partial charge is 1.00 e. The van der Waals surface area contributed by atoms with Gasteiger partial charge in [0.1, 0.15) is 32.5 Å². The molecule has 2 heterocycles. The first-order valence-corrected chi connectivity index (χ1v) is 19.1. The Morgan fingerprint density at radius 3 is 2.14 bits per heavy atom. The van der Waals surface area contributed by atoms with E-state index in [4.69, 9.17) is 25.1 Å². The molecule has 1 aromatic heterocycles. The molecule has 0 fully saturated rings. The summed E-state index contributed by atoms with van der Waals surface area (Å²) < 4.78 is 74.3. The van der Waals surface area contributed by atoms with Gasteiger partial charge in [0.15, 0.2) is 5.82 Å². The number of aryl methyl sites for hydroxylation is 1. The van der Waals surface area contributed by atoms with Gasteiger partial charge in [-0.25, -0.2) is 26.8 Å². The molecule has 1 aliphatic heterocycles. The number of benzene rings is 3. The van der Waals surface area contributed by atoms with Gasteiger partial charge in [-0.1, -0.05) is 20.8 Å². The molecular weight excluding hydrogens is 787 g/mol. The Morgan fingerprint density at radius 2 is 1.61 bits per heavy atom. The van der Waals surface area contributed by atoms with E-state index in [1.807, 2.05) is 45.9 Å². The predicted octanol–water partition coefficient (Wildman–Crippen LogP) is -2.01. The van der Waals surface area contributed by atoms with E-state index >= 15 is 0 Å². The van der Waals surface area contributed by atoms with Crippen molar-refractivity contribution in [2.45, 2.75) is 50.8 Å². The molecule has 0 aliphatic carbocycles. The summed E-state index contributed by atoms with van der Waals surface area (Å²) in [5.41, 5.74) is 3.04. The number of aliphatic imine (C=N–C) groups is 1. The van der Waals surface area contributed by atoms with Crippen LogP contribution in [0, 0.1) is 23.7 Å². The smallest absolute Gasteiger partial charge is 0.744 e. The molecule has 1 aliphatic rings. The van der Waals surface area contributed by atoms with Crippen LogP contribution in [0.4, 0.5) is 17.1 Å². The van der Waals surface area contributed by atoms with Gasteiger partial charge in [-0.3, -0.25) is 9.59 Å². The van der Waals surface area contributed by atoms with Crippen LogP contribution in [0.2, 0.25) is 0 Å². The molecule has 21 heteroatoms. The zero-order valence-corrected chi connectivity index (χ0v) is 37.4. The zero-order valence-electron chi connectivity index (χ0n) is 31.7. The van der Waals surface area contributed by atoms with Crippen molar-refractivity contribution in [1.29, 1.82) is 5.26 Å². The summed E-state index contributed by atoms with van der Waals surface area (Å²) >= 11 is 0. The number of nitrogens with one attached hydrogen (secondary N) is 1. The van der Waals surface area contributed by atoms with E-state index in [1.54, 1.807) is 24.0 Å². The van der Waals surface area contributed by atoms with Crippen LogP contribution in [0.3, 0.4) is 0 Å². The first-order chi connectivity index (χ1) is 25.3. The number of nitrogens with zero attached hydrogens (tertiary/aromatic N) is 7. The molecule has 4 aromatic rings. The zero-order chi connectivity index (χ0) is 39.6. The Bertz CT molecular complexity index is 2420. The van der Waals surface area contributed by atoms with Crippen molar-refractivity contribution in [3.63, 3.8) is 0 Å². The van der Waals surface area contributed by atoms with Crippen LogP contribution in [0.1, 0.15) is 55.9 Å². The van der Waals surface area contributed by atoms with Gasteiger partial charge in [-0.2, -0.15) is 10.4 Å². The molecule has 17 nitrogen and oxygen atoms in total. The van der Waals surface area contributed by atoms with Crippen LogP contribution >= 0.6 is 0 Å². The van der Waals surface area contributed by atoms with Crippen LogP contribution in [0.15, 0.2) is 80.5 Å². The number of hydrogen-bond acceptors (Lipinski definition) is 15. The average molecular weight is 821 g/mol. The van der Waals surface area contributed by atoms with Gasteiger partial charge in [0, 0.05) is 34.5 Å². The number of carbonyl (C=O) groups is 2. The van der Waals surface area contributed by atoms with E-state index in [0.717, 1.165) is 11.3 Å². The molecule has 1 amide bonds. The van der Waals surface area contributed by atoms with Crippen molar-refractivity contribution in [3.05, 3.63) is 77.6 Å². The fraction of sp³-hybridized carbons (Fsp3) is 0.286. The maximum atomic E-state index is 12.9. The van der Waals surface area contributed by atoms with Crippen molar-refractivity contribution in [2.24, 2.45) is 15.5 Å². The third kappa shape index (κ3) is 11.2. The summed E-state index contributed by atoms with van der Waals surface area (Å²) in [6.45, 7) is 10.1. The number of nitriles is 1. The molecule has 56 heavy (non-hydrogen) atoms. The van der Waals surface area contributed by atoms with Crippen molar-refractivity contribution >= 4 is 60.6 Å². The van der Waals surface area contributed by atoms with Gasteiger partial charge >= 0.3 is 65.1 Å². The van der Waals surface area contributed by atoms with Crippen LogP contribution in [0.25, 0.3) is 11.4 Å². The molecule has 0 bridgehead atoms. The molecule has 0 saturated heterocycles. The quantitative estimate of drug-likeness (QED) is 0.0923. The van der Waals surface area contributed by atoms with E-state index in [-0.39, 0.29) is 90.2 Å². The molecule has 1 N–H and O–H groups in total. The SMILES string of the molecule is CCOC(=O)CN(CCC#N)c1ccc(N=C2C(C(C)(C)C)=Nn3nc(-c4ccc(NC(=O)c5cc(S(=O)(=O)[O-])cc(S(=O)(=O)[O-])c5)cc4)nc32)c(C)c1.[Na+].[Na+]. The molecule has 282 valence electrons. The predicted molar refractivity (Wildman–Crippen MR) is 195 cm³/mol. The maximum Gasteiger partial charge on any atom is 1.00 e. The number of hydrogen-bond donors (Lipinski definition) is 1. The molecule has 5 rings (SSSR count). The summed E-state index contributed by atoms with van der Waals surface area (Å²) in [5, 5.41) is 20.9. The minimum atomic E-state index is -5.19. The third-order valence-electron chi connectivity index (χ3n) is 7.95. The van der Waals surface area contributed by atoms with Gasteiger partial charge in [0.25, 0.3) is 5.91 Å². The van der Waals surface area contributed by atoms with Gasteiger partial charge in [-0.05, 0) is 80.1 Å². The minimum absolute atomic E-state index is 0. The monoisotopic (exact) mass is 820 g/mol. The summed E-state index contributed by atoms with van der Waals surface area (Å²) in [4.78, 5) is 35.9. The van der Waals surface area contributed by atoms with Crippen LogP contribution in [-0.4, -0.2) is 83.8 Å². The number of carbonyl (C=O) groups excluding carboxylic acids is 2. The first kappa shape index (κ1) is 46.6. The number of aromatic nitrogens is 3. The molecule has 3 aromatic carbocycles. The number of amides is 1. The van der Waals surface area contributed by atoms with Gasteiger partial charge in [0.2, 0.25) is 5.82 Å². The second-order valence-corrected chi connectivity index (χ2v) is 15.8. The Balaban J connectivity index is 0.00000420. The summed E-state index contributed by atoms with van der Waals surface area (Å²) in [5.74, 6) is -0.712. The third-order valence-corrected chi connectivity index (χ3v) is 9.58. The van der Waals surface area contributed by atoms with Gasteiger partial charge in [-0.15, -0.1) is 9.89 Å². The van der Waals surface area contributed by atoms with E-state index < -0.39 is 52.9 Å². The average Bonchev–Trinajstić information content (AvgIpc) is 3.66. The Kier molecular flexibility index (Phi) is 15.5.